The number of carbonyl (C=O) groups excluding carboxylic acids is 1. The first-order chi connectivity index (χ1) is 9.00. The minimum absolute atomic E-state index is 0.0409. The Morgan fingerprint density at radius 1 is 1.53 bits per heavy atom. The van der Waals surface area contributed by atoms with Gasteiger partial charge in [0, 0.05) is 25.2 Å². The van der Waals surface area contributed by atoms with Crippen LogP contribution in [-0.4, -0.2) is 34.9 Å². The average Bonchev–Trinajstić information content (AvgIpc) is 2.37. The number of nitrogens with zero attached hydrogens (tertiary/aromatic N) is 2. The highest BCUT2D eigenvalue weighted by molar-refractivity contribution is 5.99. The first-order valence-electron chi connectivity index (χ1n) is 6.29. The van der Waals surface area contributed by atoms with Crippen LogP contribution in [0.1, 0.15) is 28.8 Å². The quantitative estimate of drug-likeness (QED) is 0.646. The number of nitrogens with two attached hydrogens (primary N) is 1. The standard InChI is InChI=1S/C13H17N3O3/c1-9-4-2-6-11(16(18)19)12(9)13(17)15-7-3-5-10(14)8-15/h2,4,6,10H,3,5,7-8,14H2,1H3/t10-/m1/s1. The molecule has 1 heterocycles. The summed E-state index contributed by atoms with van der Waals surface area (Å²) < 4.78 is 0. The molecule has 0 unspecified atom stereocenters. The summed E-state index contributed by atoms with van der Waals surface area (Å²) in [4.78, 5) is 24.6. The molecule has 0 aliphatic carbocycles. The number of amides is 1. The van der Waals surface area contributed by atoms with Gasteiger partial charge in [0.25, 0.3) is 11.6 Å². The molecule has 1 saturated heterocycles. The molecule has 0 bridgehead atoms. The fourth-order valence-electron chi connectivity index (χ4n) is 2.44. The Balaban J connectivity index is 2.35. The van der Waals surface area contributed by atoms with E-state index in [1.54, 1.807) is 24.0 Å². The van der Waals surface area contributed by atoms with E-state index in [0.29, 0.717) is 18.7 Å². The lowest BCUT2D eigenvalue weighted by Gasteiger charge is -2.31. The summed E-state index contributed by atoms with van der Waals surface area (Å²) in [5, 5.41) is 11.0. The lowest BCUT2D eigenvalue weighted by Crippen LogP contribution is -2.46. The van der Waals surface area contributed by atoms with Crippen LogP contribution in [0.3, 0.4) is 0 Å². The van der Waals surface area contributed by atoms with Crippen molar-refractivity contribution in [2.24, 2.45) is 5.73 Å². The molecule has 0 saturated carbocycles. The largest absolute Gasteiger partial charge is 0.337 e. The van der Waals surface area contributed by atoms with E-state index in [-0.39, 0.29) is 23.2 Å². The van der Waals surface area contributed by atoms with Gasteiger partial charge < -0.3 is 10.6 Å². The minimum atomic E-state index is -0.510. The summed E-state index contributed by atoms with van der Waals surface area (Å²) in [6.07, 6.45) is 1.73. The number of nitro benzene ring substituents is 1. The van der Waals surface area contributed by atoms with Crippen LogP contribution in [0.2, 0.25) is 0 Å². The molecular formula is C13H17N3O3. The van der Waals surface area contributed by atoms with Gasteiger partial charge in [-0.2, -0.15) is 0 Å². The maximum Gasteiger partial charge on any atom is 0.282 e. The molecule has 1 aliphatic rings. The van der Waals surface area contributed by atoms with Crippen LogP contribution >= 0.6 is 0 Å². The number of piperidine rings is 1. The average molecular weight is 263 g/mol. The van der Waals surface area contributed by atoms with Gasteiger partial charge in [-0.1, -0.05) is 12.1 Å². The second-order valence-corrected chi connectivity index (χ2v) is 4.88. The van der Waals surface area contributed by atoms with E-state index in [4.69, 9.17) is 5.73 Å². The van der Waals surface area contributed by atoms with Crippen LogP contribution in [0.5, 0.6) is 0 Å². The summed E-state index contributed by atoms with van der Waals surface area (Å²) >= 11 is 0. The summed E-state index contributed by atoms with van der Waals surface area (Å²) in [6, 6.07) is 4.63. The lowest BCUT2D eigenvalue weighted by molar-refractivity contribution is -0.385. The van der Waals surface area contributed by atoms with E-state index < -0.39 is 4.92 Å². The molecule has 19 heavy (non-hydrogen) atoms. The van der Waals surface area contributed by atoms with Crippen LogP contribution in [0.4, 0.5) is 5.69 Å². The Morgan fingerprint density at radius 3 is 2.89 bits per heavy atom. The van der Waals surface area contributed by atoms with Gasteiger partial charge in [-0.25, -0.2) is 0 Å². The first kappa shape index (κ1) is 13.5. The van der Waals surface area contributed by atoms with E-state index in [9.17, 15) is 14.9 Å². The summed E-state index contributed by atoms with van der Waals surface area (Å²) in [5.41, 5.74) is 6.52. The Hall–Kier alpha value is -1.95. The number of likely N-dealkylation sites (tertiary alicyclic amines) is 1. The molecule has 0 aromatic heterocycles. The van der Waals surface area contributed by atoms with Gasteiger partial charge in [0.15, 0.2) is 0 Å². The number of benzene rings is 1. The Labute approximate surface area is 111 Å². The zero-order valence-electron chi connectivity index (χ0n) is 10.8. The van der Waals surface area contributed by atoms with E-state index in [1.165, 1.54) is 6.07 Å². The summed E-state index contributed by atoms with van der Waals surface area (Å²) in [5.74, 6) is -0.292. The van der Waals surface area contributed by atoms with Crippen molar-refractivity contribution in [2.75, 3.05) is 13.1 Å². The van der Waals surface area contributed by atoms with Crippen LogP contribution in [-0.2, 0) is 0 Å². The van der Waals surface area contributed by atoms with Crippen molar-refractivity contribution in [3.63, 3.8) is 0 Å². The maximum absolute atomic E-state index is 12.5. The highest BCUT2D eigenvalue weighted by Crippen LogP contribution is 2.24. The predicted octanol–water partition coefficient (Wildman–Crippen LogP) is 1.47. The van der Waals surface area contributed by atoms with Gasteiger partial charge in [0.2, 0.25) is 0 Å². The third-order valence-electron chi connectivity index (χ3n) is 3.41. The molecule has 0 spiro atoms. The number of carbonyl (C=O) groups is 1. The zero-order chi connectivity index (χ0) is 14.0. The van der Waals surface area contributed by atoms with Gasteiger partial charge in [-0.15, -0.1) is 0 Å². The monoisotopic (exact) mass is 263 g/mol. The van der Waals surface area contributed by atoms with E-state index in [2.05, 4.69) is 0 Å². The second-order valence-electron chi connectivity index (χ2n) is 4.88. The smallest absolute Gasteiger partial charge is 0.282 e. The fraction of sp³-hybridized carbons (Fsp3) is 0.462. The zero-order valence-corrected chi connectivity index (χ0v) is 10.8. The molecule has 0 radical (unpaired) electrons. The highest BCUT2D eigenvalue weighted by Gasteiger charge is 2.28. The summed E-state index contributed by atoms with van der Waals surface area (Å²) in [7, 11) is 0. The van der Waals surface area contributed by atoms with Crippen molar-refractivity contribution in [3.8, 4) is 0 Å². The Morgan fingerprint density at radius 2 is 2.26 bits per heavy atom. The van der Waals surface area contributed by atoms with Crippen LogP contribution in [0.25, 0.3) is 0 Å². The van der Waals surface area contributed by atoms with Gasteiger partial charge in [0.1, 0.15) is 5.56 Å². The topological polar surface area (TPSA) is 89.5 Å². The van der Waals surface area contributed by atoms with Gasteiger partial charge in [-0.3, -0.25) is 14.9 Å². The molecule has 1 fully saturated rings. The molecular weight excluding hydrogens is 246 g/mol. The third kappa shape index (κ3) is 2.73. The predicted molar refractivity (Wildman–Crippen MR) is 70.9 cm³/mol. The molecule has 1 amide bonds. The minimum Gasteiger partial charge on any atom is -0.337 e. The number of rotatable bonds is 2. The van der Waals surface area contributed by atoms with Crippen molar-refractivity contribution in [1.29, 1.82) is 0 Å². The molecule has 2 rings (SSSR count). The third-order valence-corrected chi connectivity index (χ3v) is 3.41. The summed E-state index contributed by atoms with van der Waals surface area (Å²) in [6.45, 7) is 2.78. The van der Waals surface area contributed by atoms with Crippen molar-refractivity contribution in [2.45, 2.75) is 25.8 Å². The van der Waals surface area contributed by atoms with Crippen LogP contribution in [0.15, 0.2) is 18.2 Å². The maximum atomic E-state index is 12.5. The normalized spacial score (nSPS) is 19.3. The van der Waals surface area contributed by atoms with Gasteiger partial charge in [0.05, 0.1) is 4.92 Å². The van der Waals surface area contributed by atoms with Crippen molar-refractivity contribution < 1.29 is 9.72 Å². The number of hydrogen-bond acceptors (Lipinski definition) is 4. The SMILES string of the molecule is Cc1cccc([N+](=O)[O-])c1C(=O)N1CCC[C@@H](N)C1. The van der Waals surface area contributed by atoms with Crippen molar-refractivity contribution in [1.82, 2.24) is 4.90 Å². The Kier molecular flexibility index (Phi) is 3.80. The van der Waals surface area contributed by atoms with Gasteiger partial charge in [-0.05, 0) is 25.3 Å². The highest BCUT2D eigenvalue weighted by atomic mass is 16.6. The van der Waals surface area contributed by atoms with Crippen LogP contribution < -0.4 is 5.73 Å². The second kappa shape index (κ2) is 5.36. The van der Waals surface area contributed by atoms with Crippen molar-refractivity contribution in [3.05, 3.63) is 39.4 Å². The van der Waals surface area contributed by atoms with Crippen LogP contribution in [0, 0.1) is 17.0 Å². The molecule has 2 N–H and O–H groups in total. The number of nitro groups is 1. The van der Waals surface area contributed by atoms with E-state index in [0.717, 1.165) is 12.8 Å². The first-order valence-corrected chi connectivity index (χ1v) is 6.29. The molecule has 1 aromatic rings. The number of hydrogen-bond donors (Lipinski definition) is 1. The van der Waals surface area contributed by atoms with Gasteiger partial charge >= 0.3 is 0 Å². The molecule has 6 heteroatoms. The fourth-order valence-corrected chi connectivity index (χ4v) is 2.44. The number of aryl methyl sites for hydroxylation is 1. The Bertz CT molecular complexity index is 516. The van der Waals surface area contributed by atoms with E-state index in [1.807, 2.05) is 0 Å². The molecule has 1 aromatic carbocycles. The molecule has 6 nitrogen and oxygen atoms in total. The molecule has 102 valence electrons. The van der Waals surface area contributed by atoms with E-state index >= 15 is 0 Å². The van der Waals surface area contributed by atoms with Crippen molar-refractivity contribution >= 4 is 11.6 Å². The molecule has 1 atom stereocenters. The lowest BCUT2D eigenvalue weighted by atomic mass is 10.0. The molecule has 1 aliphatic heterocycles.